The lowest BCUT2D eigenvalue weighted by Gasteiger charge is -2.14. The summed E-state index contributed by atoms with van der Waals surface area (Å²) in [7, 11) is -3.77. The molecule has 1 unspecified atom stereocenters. The first-order valence-corrected chi connectivity index (χ1v) is 11.7. The van der Waals surface area contributed by atoms with Gasteiger partial charge in [-0.05, 0) is 79.4 Å². The number of aryl methyl sites for hydroxylation is 1. The van der Waals surface area contributed by atoms with Gasteiger partial charge in [-0.2, -0.15) is 0 Å². The van der Waals surface area contributed by atoms with Gasteiger partial charge in [-0.15, -0.1) is 0 Å². The largest absolute Gasteiger partial charge is 0.494 e. The van der Waals surface area contributed by atoms with Crippen molar-refractivity contribution in [1.29, 1.82) is 0 Å². The summed E-state index contributed by atoms with van der Waals surface area (Å²) in [6.45, 7) is 2.42. The molecule has 4 rings (SSSR count). The predicted octanol–water partition coefficient (Wildman–Crippen LogP) is 4.30. The minimum absolute atomic E-state index is 0.0200. The van der Waals surface area contributed by atoms with Crippen molar-refractivity contribution in [3.63, 3.8) is 0 Å². The van der Waals surface area contributed by atoms with E-state index in [0.29, 0.717) is 23.6 Å². The molecule has 0 fully saturated rings. The third-order valence-electron chi connectivity index (χ3n) is 5.28. The van der Waals surface area contributed by atoms with E-state index in [1.165, 1.54) is 29.8 Å². The number of fused-ring (bicyclic) bond motifs is 1. The Balaban J connectivity index is 1.43. The fraction of sp³-hybridized carbons (Fsp3) is 0.208. The monoisotopic (exact) mass is 436 g/mol. The fourth-order valence-corrected chi connectivity index (χ4v) is 4.79. The van der Waals surface area contributed by atoms with Crippen LogP contribution in [-0.2, 0) is 16.4 Å². The van der Waals surface area contributed by atoms with Crippen LogP contribution in [0.5, 0.6) is 5.75 Å². The van der Waals surface area contributed by atoms with E-state index in [4.69, 9.17) is 4.74 Å². The second-order valence-corrected chi connectivity index (χ2v) is 9.03. The fourth-order valence-electron chi connectivity index (χ4n) is 3.73. The van der Waals surface area contributed by atoms with Crippen molar-refractivity contribution in [2.24, 2.45) is 0 Å². The van der Waals surface area contributed by atoms with E-state index in [1.807, 2.05) is 25.1 Å². The Hall–Kier alpha value is -3.32. The normalized spacial score (nSPS) is 15.2. The summed E-state index contributed by atoms with van der Waals surface area (Å²) < 4.78 is 33.2. The Labute approximate surface area is 182 Å². The molecule has 0 heterocycles. The minimum atomic E-state index is -3.77. The van der Waals surface area contributed by atoms with Crippen LogP contribution in [0.4, 0.5) is 5.69 Å². The summed E-state index contributed by atoms with van der Waals surface area (Å²) in [5.74, 6) is 0.454. The Morgan fingerprint density at radius 2 is 1.71 bits per heavy atom. The highest BCUT2D eigenvalue weighted by atomic mass is 32.2. The van der Waals surface area contributed by atoms with Gasteiger partial charge in [0.15, 0.2) is 0 Å². The Kier molecular flexibility index (Phi) is 5.95. The molecule has 1 aliphatic carbocycles. The maximum absolute atomic E-state index is 12.7. The van der Waals surface area contributed by atoms with Gasteiger partial charge in [-0.1, -0.05) is 24.3 Å². The first-order valence-electron chi connectivity index (χ1n) is 10.2. The zero-order valence-corrected chi connectivity index (χ0v) is 18.0. The van der Waals surface area contributed by atoms with Gasteiger partial charge < -0.3 is 10.1 Å². The number of nitrogens with one attached hydrogen (secondary N) is 2. The molecule has 0 bridgehead atoms. The number of benzene rings is 3. The van der Waals surface area contributed by atoms with Crippen LogP contribution < -0.4 is 14.8 Å². The molecule has 0 saturated carbocycles. The number of hydrogen-bond acceptors (Lipinski definition) is 4. The molecule has 0 radical (unpaired) electrons. The van der Waals surface area contributed by atoms with E-state index < -0.39 is 10.0 Å². The van der Waals surface area contributed by atoms with Gasteiger partial charge in [-0.25, -0.2) is 8.42 Å². The number of carbonyl (C=O) groups excluding carboxylic acids is 1. The van der Waals surface area contributed by atoms with E-state index in [2.05, 4.69) is 16.1 Å². The second-order valence-electron chi connectivity index (χ2n) is 7.35. The lowest BCUT2D eigenvalue weighted by molar-refractivity contribution is 0.0936. The van der Waals surface area contributed by atoms with Crippen LogP contribution in [0.25, 0.3) is 0 Å². The highest BCUT2D eigenvalue weighted by molar-refractivity contribution is 7.92. The standard InChI is InChI=1S/C24H24N2O4S/c1-2-30-20-12-10-19(11-13-20)26-31(28,29)21-14-7-18(8-15-21)24(27)25-23-16-9-17-5-3-4-6-22(17)23/h3-8,10-15,23,26H,2,9,16H2,1H3,(H,25,27). The lowest BCUT2D eigenvalue weighted by Crippen LogP contribution is -2.27. The predicted molar refractivity (Wildman–Crippen MR) is 120 cm³/mol. The topological polar surface area (TPSA) is 84.5 Å². The van der Waals surface area contributed by atoms with Crippen molar-refractivity contribution < 1.29 is 17.9 Å². The van der Waals surface area contributed by atoms with Crippen LogP contribution in [0.15, 0.2) is 77.7 Å². The van der Waals surface area contributed by atoms with Crippen molar-refractivity contribution >= 4 is 21.6 Å². The van der Waals surface area contributed by atoms with Gasteiger partial charge >= 0.3 is 0 Å². The van der Waals surface area contributed by atoms with Crippen molar-refractivity contribution in [3.8, 4) is 5.75 Å². The van der Waals surface area contributed by atoms with Crippen molar-refractivity contribution in [3.05, 3.63) is 89.5 Å². The number of carbonyl (C=O) groups is 1. The molecule has 6 nitrogen and oxygen atoms in total. The number of rotatable bonds is 7. The van der Waals surface area contributed by atoms with Gasteiger partial charge in [0.2, 0.25) is 0 Å². The molecule has 3 aromatic carbocycles. The first kappa shape index (κ1) is 20.9. The van der Waals surface area contributed by atoms with E-state index in [-0.39, 0.29) is 16.8 Å². The first-order chi connectivity index (χ1) is 15.0. The lowest BCUT2D eigenvalue weighted by atomic mass is 10.1. The van der Waals surface area contributed by atoms with Crippen molar-refractivity contribution in [2.75, 3.05) is 11.3 Å². The quantitative estimate of drug-likeness (QED) is 0.578. The minimum Gasteiger partial charge on any atom is -0.494 e. The molecule has 1 atom stereocenters. The molecule has 3 aromatic rings. The average Bonchev–Trinajstić information content (AvgIpc) is 3.18. The summed E-state index contributed by atoms with van der Waals surface area (Å²) in [5.41, 5.74) is 3.26. The Morgan fingerprint density at radius 1 is 1.00 bits per heavy atom. The molecule has 2 N–H and O–H groups in total. The third kappa shape index (κ3) is 4.72. The summed E-state index contributed by atoms with van der Waals surface area (Å²) in [5, 5.41) is 3.05. The molecule has 160 valence electrons. The summed E-state index contributed by atoms with van der Waals surface area (Å²) in [6.07, 6.45) is 1.80. The van der Waals surface area contributed by atoms with E-state index in [1.54, 1.807) is 24.3 Å². The molecule has 1 amide bonds. The van der Waals surface area contributed by atoms with E-state index in [9.17, 15) is 13.2 Å². The third-order valence-corrected chi connectivity index (χ3v) is 6.68. The SMILES string of the molecule is CCOc1ccc(NS(=O)(=O)c2ccc(C(=O)NC3CCc4ccccc43)cc2)cc1. The molecule has 0 aliphatic heterocycles. The molecular weight excluding hydrogens is 412 g/mol. The average molecular weight is 437 g/mol. The van der Waals surface area contributed by atoms with Crippen LogP contribution in [0.1, 0.15) is 40.9 Å². The number of anilines is 1. The van der Waals surface area contributed by atoms with Crippen molar-refractivity contribution in [1.82, 2.24) is 5.32 Å². The summed E-state index contributed by atoms with van der Waals surface area (Å²) in [6, 6.07) is 20.7. The van der Waals surface area contributed by atoms with E-state index >= 15 is 0 Å². The van der Waals surface area contributed by atoms with Gasteiger partial charge in [0.25, 0.3) is 15.9 Å². The second kappa shape index (κ2) is 8.81. The highest BCUT2D eigenvalue weighted by Gasteiger charge is 2.24. The zero-order chi connectivity index (χ0) is 21.8. The van der Waals surface area contributed by atoms with Crippen molar-refractivity contribution in [2.45, 2.75) is 30.7 Å². The van der Waals surface area contributed by atoms with Crippen LogP contribution in [-0.4, -0.2) is 20.9 Å². The Morgan fingerprint density at radius 3 is 2.42 bits per heavy atom. The van der Waals surface area contributed by atoms with Crippen LogP contribution in [0, 0.1) is 0 Å². The number of ether oxygens (including phenoxy) is 1. The molecule has 0 spiro atoms. The van der Waals surface area contributed by atoms with Gasteiger partial charge in [0.1, 0.15) is 5.75 Å². The maximum atomic E-state index is 12.7. The highest BCUT2D eigenvalue weighted by Crippen LogP contribution is 2.31. The number of sulfonamides is 1. The summed E-state index contributed by atoms with van der Waals surface area (Å²) in [4.78, 5) is 12.7. The van der Waals surface area contributed by atoms with Crippen LogP contribution >= 0.6 is 0 Å². The van der Waals surface area contributed by atoms with Crippen LogP contribution in [0.2, 0.25) is 0 Å². The van der Waals surface area contributed by atoms with E-state index in [0.717, 1.165) is 18.4 Å². The maximum Gasteiger partial charge on any atom is 0.261 e. The number of amides is 1. The molecule has 0 saturated heterocycles. The van der Waals surface area contributed by atoms with Crippen LogP contribution in [0.3, 0.4) is 0 Å². The smallest absolute Gasteiger partial charge is 0.261 e. The number of hydrogen-bond donors (Lipinski definition) is 2. The van der Waals surface area contributed by atoms with Gasteiger partial charge in [-0.3, -0.25) is 9.52 Å². The molecule has 7 heteroatoms. The Bertz CT molecular complexity index is 1170. The summed E-state index contributed by atoms with van der Waals surface area (Å²) >= 11 is 0. The molecule has 31 heavy (non-hydrogen) atoms. The molecular formula is C24H24N2O4S. The zero-order valence-electron chi connectivity index (χ0n) is 17.2. The molecule has 0 aromatic heterocycles. The van der Waals surface area contributed by atoms with Gasteiger partial charge in [0, 0.05) is 11.3 Å². The van der Waals surface area contributed by atoms with Gasteiger partial charge in [0.05, 0.1) is 17.5 Å². The molecule has 1 aliphatic rings.